The van der Waals surface area contributed by atoms with Gasteiger partial charge in [0.25, 0.3) is 0 Å². The minimum Gasteiger partial charge on any atom is -0.376 e. The standard InChI is InChI=1S/C16H17Cl2N3O3S/c17-11-4-3-9(6-12(11)18)20-14(22)7-13-15(23)21-16(25-13)19-8-10-2-1-5-24-10/h3-4,6,10,13H,1-2,5,7-8H2,(H,20,22)(H,19,21,23)/t10-,13+/m1/s1. The van der Waals surface area contributed by atoms with Crippen molar-refractivity contribution in [3.63, 3.8) is 0 Å². The lowest BCUT2D eigenvalue weighted by molar-refractivity contribution is -0.122. The predicted octanol–water partition coefficient (Wildman–Crippen LogP) is 3.09. The van der Waals surface area contributed by atoms with Gasteiger partial charge in [0.1, 0.15) is 5.25 Å². The minimum atomic E-state index is -0.494. The predicted molar refractivity (Wildman–Crippen MR) is 101 cm³/mol. The molecule has 0 radical (unpaired) electrons. The Bertz CT molecular complexity index is 708. The maximum Gasteiger partial charge on any atom is 0.240 e. The van der Waals surface area contributed by atoms with Crippen molar-refractivity contribution in [2.24, 2.45) is 4.99 Å². The number of rotatable bonds is 5. The second-order valence-electron chi connectivity index (χ2n) is 5.76. The van der Waals surface area contributed by atoms with E-state index in [1.54, 1.807) is 18.2 Å². The van der Waals surface area contributed by atoms with E-state index in [9.17, 15) is 9.59 Å². The number of aliphatic imine (C=N–C) groups is 1. The summed E-state index contributed by atoms with van der Waals surface area (Å²) >= 11 is 13.0. The average Bonchev–Trinajstić information content (AvgIpc) is 3.19. The number of amides is 2. The van der Waals surface area contributed by atoms with E-state index in [1.807, 2.05) is 0 Å². The summed E-state index contributed by atoms with van der Waals surface area (Å²) in [4.78, 5) is 28.5. The summed E-state index contributed by atoms with van der Waals surface area (Å²) in [6, 6.07) is 4.83. The summed E-state index contributed by atoms with van der Waals surface area (Å²) in [5, 5.41) is 6.25. The van der Waals surface area contributed by atoms with Crippen LogP contribution in [-0.2, 0) is 14.3 Å². The molecule has 134 valence electrons. The largest absolute Gasteiger partial charge is 0.376 e. The molecule has 6 nitrogen and oxygen atoms in total. The maximum atomic E-state index is 12.1. The molecule has 0 bridgehead atoms. The molecule has 2 aliphatic rings. The quantitative estimate of drug-likeness (QED) is 0.794. The van der Waals surface area contributed by atoms with Crippen molar-refractivity contribution in [3.8, 4) is 0 Å². The number of ether oxygens (including phenoxy) is 1. The molecule has 2 heterocycles. The van der Waals surface area contributed by atoms with Crippen molar-refractivity contribution in [1.29, 1.82) is 0 Å². The molecule has 2 aliphatic heterocycles. The van der Waals surface area contributed by atoms with E-state index < -0.39 is 5.25 Å². The van der Waals surface area contributed by atoms with Gasteiger partial charge in [-0.15, -0.1) is 0 Å². The first-order valence-electron chi connectivity index (χ1n) is 7.90. The summed E-state index contributed by atoms with van der Waals surface area (Å²) in [7, 11) is 0. The summed E-state index contributed by atoms with van der Waals surface area (Å²) in [5.74, 6) is -0.480. The topological polar surface area (TPSA) is 79.8 Å². The second-order valence-corrected chi connectivity index (χ2v) is 7.76. The molecule has 0 aliphatic carbocycles. The SMILES string of the molecule is O=C(C[C@@H]1SC(=NC[C@H]2CCCO2)NC1=O)Nc1ccc(Cl)c(Cl)c1. The van der Waals surface area contributed by atoms with Crippen molar-refractivity contribution in [2.45, 2.75) is 30.6 Å². The Morgan fingerprint density at radius 1 is 1.40 bits per heavy atom. The normalized spacial score (nSPS) is 24.6. The number of nitrogens with zero attached hydrogens (tertiary/aromatic N) is 1. The number of carbonyl (C=O) groups is 2. The zero-order valence-electron chi connectivity index (χ0n) is 13.3. The molecular formula is C16H17Cl2N3O3S. The first-order valence-corrected chi connectivity index (χ1v) is 9.53. The number of halogens is 2. The molecule has 2 saturated heterocycles. The smallest absolute Gasteiger partial charge is 0.240 e. The van der Waals surface area contributed by atoms with Crippen LogP contribution in [0.1, 0.15) is 19.3 Å². The van der Waals surface area contributed by atoms with Gasteiger partial charge in [0.05, 0.1) is 22.7 Å². The van der Waals surface area contributed by atoms with Gasteiger partial charge in [-0.2, -0.15) is 0 Å². The van der Waals surface area contributed by atoms with E-state index in [4.69, 9.17) is 27.9 Å². The molecule has 2 fully saturated rings. The second kappa shape index (κ2) is 8.40. The molecule has 0 unspecified atom stereocenters. The van der Waals surface area contributed by atoms with Crippen molar-refractivity contribution in [1.82, 2.24) is 5.32 Å². The fourth-order valence-corrected chi connectivity index (χ4v) is 3.82. The molecule has 2 N–H and O–H groups in total. The lowest BCUT2D eigenvalue weighted by atomic mass is 10.2. The first kappa shape index (κ1) is 18.5. The summed E-state index contributed by atoms with van der Waals surface area (Å²) < 4.78 is 5.50. The van der Waals surface area contributed by atoms with Gasteiger partial charge in [-0.05, 0) is 31.0 Å². The highest BCUT2D eigenvalue weighted by atomic mass is 35.5. The number of nitrogens with one attached hydrogen (secondary N) is 2. The summed E-state index contributed by atoms with van der Waals surface area (Å²) in [5.41, 5.74) is 0.537. The number of hydrogen-bond acceptors (Lipinski definition) is 5. The van der Waals surface area contributed by atoms with Crippen molar-refractivity contribution in [3.05, 3.63) is 28.2 Å². The van der Waals surface area contributed by atoms with Crippen LogP contribution in [0.5, 0.6) is 0 Å². The lowest BCUT2D eigenvalue weighted by Gasteiger charge is -2.08. The van der Waals surface area contributed by atoms with Crippen LogP contribution in [0, 0.1) is 0 Å². The molecule has 0 saturated carbocycles. The minimum absolute atomic E-state index is 0.0513. The Balaban J connectivity index is 1.51. The molecule has 1 aromatic rings. The third kappa shape index (κ3) is 5.10. The number of amidine groups is 1. The maximum absolute atomic E-state index is 12.1. The third-order valence-electron chi connectivity index (χ3n) is 3.81. The third-order valence-corrected chi connectivity index (χ3v) is 5.67. The highest BCUT2D eigenvalue weighted by Gasteiger charge is 2.32. The van der Waals surface area contributed by atoms with Crippen molar-refractivity contribution >= 4 is 57.6 Å². The van der Waals surface area contributed by atoms with Gasteiger partial charge in [-0.3, -0.25) is 14.6 Å². The molecule has 3 rings (SSSR count). The molecule has 1 aromatic carbocycles. The van der Waals surface area contributed by atoms with Crippen molar-refractivity contribution in [2.75, 3.05) is 18.5 Å². The lowest BCUT2D eigenvalue weighted by Crippen LogP contribution is -2.28. The molecule has 0 spiro atoms. The van der Waals surface area contributed by atoms with Gasteiger partial charge in [0.2, 0.25) is 11.8 Å². The number of hydrogen-bond donors (Lipinski definition) is 2. The zero-order valence-corrected chi connectivity index (χ0v) is 15.6. The molecular weight excluding hydrogens is 385 g/mol. The highest BCUT2D eigenvalue weighted by Crippen LogP contribution is 2.26. The Labute approximate surface area is 159 Å². The zero-order chi connectivity index (χ0) is 17.8. The van der Waals surface area contributed by atoms with Crippen molar-refractivity contribution < 1.29 is 14.3 Å². The molecule has 2 amide bonds. The van der Waals surface area contributed by atoms with Crippen LogP contribution < -0.4 is 10.6 Å². The van der Waals surface area contributed by atoms with Gasteiger partial charge >= 0.3 is 0 Å². The van der Waals surface area contributed by atoms with Gasteiger partial charge in [0, 0.05) is 18.7 Å². The van der Waals surface area contributed by atoms with Gasteiger partial charge in [0.15, 0.2) is 5.17 Å². The molecule has 0 aromatic heterocycles. The number of thioether (sulfide) groups is 1. The molecule has 9 heteroatoms. The van der Waals surface area contributed by atoms with Crippen LogP contribution in [0.25, 0.3) is 0 Å². The van der Waals surface area contributed by atoms with Crippen LogP contribution in [0.15, 0.2) is 23.2 Å². The Hall–Kier alpha value is -1.28. The first-order chi connectivity index (χ1) is 12.0. The van der Waals surface area contributed by atoms with Crippen LogP contribution in [0.2, 0.25) is 10.0 Å². The van der Waals surface area contributed by atoms with E-state index in [1.165, 1.54) is 11.8 Å². The van der Waals surface area contributed by atoms with E-state index in [0.717, 1.165) is 19.4 Å². The van der Waals surface area contributed by atoms with E-state index in [-0.39, 0.29) is 24.3 Å². The Morgan fingerprint density at radius 2 is 2.24 bits per heavy atom. The highest BCUT2D eigenvalue weighted by molar-refractivity contribution is 8.15. The molecule has 2 atom stereocenters. The van der Waals surface area contributed by atoms with Gasteiger partial charge in [-0.25, -0.2) is 0 Å². The van der Waals surface area contributed by atoms with Crippen LogP contribution >= 0.6 is 35.0 Å². The fraction of sp³-hybridized carbons (Fsp3) is 0.438. The Kier molecular flexibility index (Phi) is 6.22. The average molecular weight is 402 g/mol. The molecule has 25 heavy (non-hydrogen) atoms. The number of benzene rings is 1. The van der Waals surface area contributed by atoms with Crippen LogP contribution in [0.4, 0.5) is 5.69 Å². The fourth-order valence-electron chi connectivity index (χ4n) is 2.54. The van der Waals surface area contributed by atoms with Crippen LogP contribution in [-0.4, -0.2) is 41.5 Å². The number of carbonyl (C=O) groups excluding carboxylic acids is 2. The van der Waals surface area contributed by atoms with E-state index in [0.29, 0.717) is 27.4 Å². The summed E-state index contributed by atoms with van der Waals surface area (Å²) in [6.45, 7) is 1.30. The monoisotopic (exact) mass is 401 g/mol. The van der Waals surface area contributed by atoms with Crippen LogP contribution in [0.3, 0.4) is 0 Å². The summed E-state index contributed by atoms with van der Waals surface area (Å²) in [6.07, 6.45) is 2.22. The van der Waals surface area contributed by atoms with Gasteiger partial charge < -0.3 is 15.4 Å². The van der Waals surface area contributed by atoms with E-state index in [2.05, 4.69) is 15.6 Å². The van der Waals surface area contributed by atoms with E-state index >= 15 is 0 Å². The van der Waals surface area contributed by atoms with Gasteiger partial charge in [-0.1, -0.05) is 35.0 Å². The number of anilines is 1. The Morgan fingerprint density at radius 3 is 2.96 bits per heavy atom.